The van der Waals surface area contributed by atoms with E-state index < -0.39 is 30.5 Å². The summed E-state index contributed by atoms with van der Waals surface area (Å²) in [6.07, 6.45) is -7.43. The summed E-state index contributed by atoms with van der Waals surface area (Å²) in [5.41, 5.74) is 0.846. The van der Waals surface area contributed by atoms with Crippen molar-refractivity contribution in [2.45, 2.75) is 12.3 Å². The number of hydrogen-bond acceptors (Lipinski definition) is 3. The molecule has 2 rings (SSSR count). The van der Waals surface area contributed by atoms with E-state index in [0.29, 0.717) is 11.3 Å². The zero-order chi connectivity index (χ0) is 17.2. The predicted molar refractivity (Wildman–Crippen MR) is 73.0 cm³/mol. The van der Waals surface area contributed by atoms with Gasteiger partial charge in [0.25, 0.3) is 5.91 Å². The lowest BCUT2D eigenvalue weighted by Crippen LogP contribution is -2.41. The van der Waals surface area contributed by atoms with Gasteiger partial charge in [-0.3, -0.25) is 9.89 Å². The van der Waals surface area contributed by atoms with Gasteiger partial charge in [0.05, 0.1) is 12.2 Å². The van der Waals surface area contributed by atoms with Gasteiger partial charge in [-0.05, 0) is 30.3 Å². The molecule has 1 unspecified atom stereocenters. The predicted octanol–water partition coefficient (Wildman–Crippen LogP) is 2.21. The van der Waals surface area contributed by atoms with Gasteiger partial charge in [-0.15, -0.1) is 0 Å². The fraction of sp³-hybridized carbons (Fsp3) is 0.286. The third-order valence-corrected chi connectivity index (χ3v) is 3.12. The molecule has 1 aromatic heterocycles. The molecule has 2 N–H and O–H groups in total. The van der Waals surface area contributed by atoms with E-state index in [2.05, 4.69) is 10.2 Å². The van der Waals surface area contributed by atoms with Gasteiger partial charge in [0.2, 0.25) is 0 Å². The van der Waals surface area contributed by atoms with Crippen LogP contribution in [-0.4, -0.2) is 52.0 Å². The Morgan fingerprint density at radius 3 is 2.52 bits per heavy atom. The Labute approximate surface area is 128 Å². The molecule has 0 aliphatic heterocycles. The third kappa shape index (κ3) is 4.07. The molecule has 1 atom stereocenters. The number of carbonyl (C=O) groups is 1. The van der Waals surface area contributed by atoms with E-state index in [1.54, 1.807) is 0 Å². The molecule has 0 saturated carbocycles. The number of nitrogens with zero attached hydrogens (tertiary/aromatic N) is 2. The Hall–Kier alpha value is -2.42. The van der Waals surface area contributed by atoms with Crippen LogP contribution in [0.1, 0.15) is 10.5 Å². The Kier molecular flexibility index (Phi) is 4.69. The highest BCUT2D eigenvalue weighted by Crippen LogP contribution is 2.22. The van der Waals surface area contributed by atoms with Gasteiger partial charge in [0.1, 0.15) is 11.5 Å². The highest BCUT2D eigenvalue weighted by atomic mass is 19.4. The monoisotopic (exact) mass is 331 g/mol. The van der Waals surface area contributed by atoms with Crippen molar-refractivity contribution in [3.63, 3.8) is 0 Å². The van der Waals surface area contributed by atoms with Gasteiger partial charge in [-0.25, -0.2) is 4.39 Å². The number of aliphatic hydroxyl groups excluding tert-OH is 1. The lowest BCUT2D eigenvalue weighted by atomic mass is 10.1. The molecule has 0 saturated heterocycles. The van der Waals surface area contributed by atoms with Gasteiger partial charge in [-0.1, -0.05) is 0 Å². The number of rotatable bonds is 4. The highest BCUT2D eigenvalue weighted by molar-refractivity contribution is 5.93. The molecule has 0 aliphatic carbocycles. The van der Waals surface area contributed by atoms with Crippen LogP contribution in [0.4, 0.5) is 17.6 Å². The van der Waals surface area contributed by atoms with Crippen molar-refractivity contribution >= 4 is 5.91 Å². The Morgan fingerprint density at radius 1 is 1.35 bits per heavy atom. The van der Waals surface area contributed by atoms with E-state index in [9.17, 15) is 22.4 Å². The summed E-state index contributed by atoms with van der Waals surface area (Å²) >= 11 is 0. The van der Waals surface area contributed by atoms with E-state index in [-0.39, 0.29) is 5.69 Å². The smallest absolute Gasteiger partial charge is 0.382 e. The lowest BCUT2D eigenvalue weighted by molar-refractivity contribution is -0.205. The van der Waals surface area contributed by atoms with Crippen LogP contribution < -0.4 is 0 Å². The van der Waals surface area contributed by atoms with Gasteiger partial charge in [-0.2, -0.15) is 18.3 Å². The minimum Gasteiger partial charge on any atom is -0.382 e. The minimum absolute atomic E-state index is 0.0406. The maximum absolute atomic E-state index is 12.9. The zero-order valence-electron chi connectivity index (χ0n) is 11.9. The first-order valence-electron chi connectivity index (χ1n) is 6.50. The van der Waals surface area contributed by atoms with Crippen LogP contribution in [-0.2, 0) is 0 Å². The van der Waals surface area contributed by atoms with Crippen molar-refractivity contribution in [3.8, 4) is 11.3 Å². The van der Waals surface area contributed by atoms with E-state index in [1.807, 2.05) is 0 Å². The largest absolute Gasteiger partial charge is 0.416 e. The average molecular weight is 331 g/mol. The van der Waals surface area contributed by atoms with Crippen molar-refractivity contribution in [3.05, 3.63) is 41.8 Å². The summed E-state index contributed by atoms with van der Waals surface area (Å²) in [4.78, 5) is 12.8. The Morgan fingerprint density at radius 2 is 1.96 bits per heavy atom. The van der Waals surface area contributed by atoms with Gasteiger partial charge >= 0.3 is 6.18 Å². The second-order valence-electron chi connectivity index (χ2n) is 4.92. The number of carbonyl (C=O) groups excluding carboxylic acids is 1. The molecule has 9 heteroatoms. The fourth-order valence-corrected chi connectivity index (χ4v) is 1.85. The van der Waals surface area contributed by atoms with Crippen LogP contribution in [0.5, 0.6) is 0 Å². The molecule has 1 heterocycles. The first kappa shape index (κ1) is 16.9. The zero-order valence-corrected chi connectivity index (χ0v) is 11.9. The number of alkyl halides is 3. The number of aliphatic hydroxyl groups is 1. The quantitative estimate of drug-likeness (QED) is 0.844. The number of benzene rings is 1. The van der Waals surface area contributed by atoms with Crippen LogP contribution in [0.3, 0.4) is 0 Å². The van der Waals surface area contributed by atoms with E-state index in [4.69, 9.17) is 5.11 Å². The summed E-state index contributed by atoms with van der Waals surface area (Å²) in [6, 6.07) is 6.69. The summed E-state index contributed by atoms with van der Waals surface area (Å²) in [6.45, 7) is -0.896. The molecule has 23 heavy (non-hydrogen) atoms. The van der Waals surface area contributed by atoms with Crippen molar-refractivity contribution in [2.75, 3.05) is 13.6 Å². The van der Waals surface area contributed by atoms with Crippen LogP contribution >= 0.6 is 0 Å². The first-order chi connectivity index (χ1) is 10.7. The molecule has 0 bridgehead atoms. The SMILES string of the molecule is CN(CC(O)C(F)(F)F)C(=O)c1cc(-c2ccc(F)cc2)n[nH]1. The molecule has 0 fully saturated rings. The summed E-state index contributed by atoms with van der Waals surface area (Å²) in [7, 11) is 1.13. The molecule has 1 aromatic carbocycles. The summed E-state index contributed by atoms with van der Waals surface area (Å²) < 4.78 is 49.7. The summed E-state index contributed by atoms with van der Waals surface area (Å²) in [5.74, 6) is -1.18. The number of nitrogens with one attached hydrogen (secondary N) is 1. The Balaban J connectivity index is 2.10. The number of likely N-dealkylation sites (N-methyl/N-ethyl adjacent to an activating group) is 1. The molecule has 0 radical (unpaired) electrons. The maximum Gasteiger partial charge on any atom is 0.416 e. The van der Waals surface area contributed by atoms with Crippen molar-refractivity contribution in [1.82, 2.24) is 15.1 Å². The van der Waals surface area contributed by atoms with Crippen LogP contribution in [0, 0.1) is 5.82 Å². The molecule has 1 amide bonds. The standard InChI is InChI=1S/C14H13F4N3O2/c1-21(7-12(22)14(16,17)18)13(23)11-6-10(19-20-11)8-2-4-9(15)5-3-8/h2-6,12,22H,7H2,1H3,(H,19,20). The number of amides is 1. The van der Waals surface area contributed by atoms with E-state index >= 15 is 0 Å². The van der Waals surface area contributed by atoms with Crippen molar-refractivity contribution in [2.24, 2.45) is 0 Å². The van der Waals surface area contributed by atoms with Gasteiger partial charge in [0, 0.05) is 12.6 Å². The topological polar surface area (TPSA) is 69.2 Å². The molecule has 0 spiro atoms. The first-order valence-corrected chi connectivity index (χ1v) is 6.50. The second kappa shape index (κ2) is 6.37. The highest BCUT2D eigenvalue weighted by Gasteiger charge is 2.39. The fourth-order valence-electron chi connectivity index (χ4n) is 1.85. The molecular weight excluding hydrogens is 318 g/mol. The maximum atomic E-state index is 12.9. The van der Waals surface area contributed by atoms with E-state index in [1.165, 1.54) is 30.3 Å². The normalized spacial score (nSPS) is 13.0. The van der Waals surface area contributed by atoms with Crippen molar-refractivity contribution < 1.29 is 27.5 Å². The molecular formula is C14H13F4N3O2. The second-order valence-corrected chi connectivity index (χ2v) is 4.92. The molecule has 124 valence electrons. The lowest BCUT2D eigenvalue weighted by Gasteiger charge is -2.21. The van der Waals surface area contributed by atoms with Gasteiger partial charge in [0.15, 0.2) is 6.10 Å². The molecule has 2 aromatic rings. The number of halogens is 4. The molecule has 0 aliphatic rings. The minimum atomic E-state index is -4.80. The Bertz CT molecular complexity index is 682. The van der Waals surface area contributed by atoms with E-state index in [0.717, 1.165) is 11.9 Å². The van der Waals surface area contributed by atoms with Gasteiger partial charge < -0.3 is 10.0 Å². The molecule has 5 nitrogen and oxygen atoms in total. The van der Waals surface area contributed by atoms with Crippen molar-refractivity contribution in [1.29, 1.82) is 0 Å². The average Bonchev–Trinajstić information content (AvgIpc) is 2.95. The summed E-state index contributed by atoms with van der Waals surface area (Å²) in [5, 5.41) is 15.3. The van der Waals surface area contributed by atoms with Crippen LogP contribution in [0.2, 0.25) is 0 Å². The number of aromatic nitrogens is 2. The number of hydrogen-bond donors (Lipinski definition) is 2. The van der Waals surface area contributed by atoms with Crippen LogP contribution in [0.15, 0.2) is 30.3 Å². The number of H-pyrrole nitrogens is 1. The number of aromatic amines is 1. The third-order valence-electron chi connectivity index (χ3n) is 3.12. The van der Waals surface area contributed by atoms with Crippen LogP contribution in [0.25, 0.3) is 11.3 Å².